The molecule has 2 heterocycles. The largest absolute Gasteiger partial charge is 0.368 e. The first-order valence-electron chi connectivity index (χ1n) is 8.47. The summed E-state index contributed by atoms with van der Waals surface area (Å²) in [6.45, 7) is -0.309. The van der Waals surface area contributed by atoms with E-state index in [0.717, 1.165) is 10.9 Å². The molecular formula is C19H18ClN5O3. The fraction of sp³-hybridized carbons (Fsp3) is 0.158. The SMILES string of the molecule is NC(=O)CNC(=O)[C@H](Cc1ccccc1)NC(=O)c1cc2cc(Cl)ncc2[nH]1. The zero-order valence-electron chi connectivity index (χ0n) is 14.7. The molecule has 8 nitrogen and oxygen atoms in total. The van der Waals surface area contributed by atoms with E-state index in [0.29, 0.717) is 10.7 Å². The van der Waals surface area contributed by atoms with E-state index in [4.69, 9.17) is 17.3 Å². The minimum absolute atomic E-state index is 0.255. The van der Waals surface area contributed by atoms with Crippen molar-refractivity contribution >= 4 is 40.2 Å². The Labute approximate surface area is 165 Å². The molecule has 0 saturated heterocycles. The van der Waals surface area contributed by atoms with Crippen molar-refractivity contribution in [3.05, 3.63) is 65.1 Å². The van der Waals surface area contributed by atoms with Crippen LogP contribution in [0, 0.1) is 0 Å². The molecule has 3 rings (SSSR count). The van der Waals surface area contributed by atoms with Crippen molar-refractivity contribution in [3.8, 4) is 0 Å². The molecule has 1 atom stereocenters. The number of halogens is 1. The third-order valence-corrected chi connectivity index (χ3v) is 4.26. The lowest BCUT2D eigenvalue weighted by atomic mass is 10.0. The molecule has 0 bridgehead atoms. The minimum atomic E-state index is -0.887. The molecule has 9 heteroatoms. The predicted octanol–water partition coefficient (Wildman–Crippen LogP) is 1.16. The summed E-state index contributed by atoms with van der Waals surface area (Å²) in [4.78, 5) is 43.0. The Morgan fingerprint density at radius 2 is 1.93 bits per heavy atom. The van der Waals surface area contributed by atoms with Gasteiger partial charge in [0.15, 0.2) is 0 Å². The maximum absolute atomic E-state index is 12.7. The van der Waals surface area contributed by atoms with E-state index >= 15 is 0 Å². The number of aromatic amines is 1. The van der Waals surface area contributed by atoms with Crippen LogP contribution in [0.2, 0.25) is 5.15 Å². The fourth-order valence-electron chi connectivity index (χ4n) is 2.72. The molecule has 2 aromatic heterocycles. The third kappa shape index (κ3) is 4.86. The second kappa shape index (κ2) is 8.53. The molecule has 0 fully saturated rings. The number of rotatable bonds is 7. The van der Waals surface area contributed by atoms with Gasteiger partial charge < -0.3 is 21.4 Å². The maximum Gasteiger partial charge on any atom is 0.268 e. The molecule has 28 heavy (non-hydrogen) atoms. The van der Waals surface area contributed by atoms with Crippen LogP contribution in [-0.4, -0.2) is 40.3 Å². The topological polar surface area (TPSA) is 130 Å². The van der Waals surface area contributed by atoms with Crippen molar-refractivity contribution in [2.75, 3.05) is 6.54 Å². The summed E-state index contributed by atoms with van der Waals surface area (Å²) in [6.07, 6.45) is 1.78. The fourth-order valence-corrected chi connectivity index (χ4v) is 2.89. The number of H-pyrrole nitrogens is 1. The monoisotopic (exact) mass is 399 g/mol. The van der Waals surface area contributed by atoms with E-state index in [9.17, 15) is 14.4 Å². The normalized spacial score (nSPS) is 11.8. The van der Waals surface area contributed by atoms with Crippen LogP contribution in [0.15, 0.2) is 48.7 Å². The van der Waals surface area contributed by atoms with E-state index in [2.05, 4.69) is 20.6 Å². The van der Waals surface area contributed by atoms with Gasteiger partial charge in [0.05, 0.1) is 18.3 Å². The zero-order chi connectivity index (χ0) is 20.1. The lowest BCUT2D eigenvalue weighted by molar-refractivity contribution is -0.126. The van der Waals surface area contributed by atoms with E-state index in [1.807, 2.05) is 30.3 Å². The van der Waals surface area contributed by atoms with Crippen LogP contribution in [0.1, 0.15) is 16.1 Å². The Kier molecular flexibility index (Phi) is 5.90. The number of benzene rings is 1. The van der Waals surface area contributed by atoms with Gasteiger partial charge in [-0.05, 0) is 17.7 Å². The average molecular weight is 400 g/mol. The number of carbonyl (C=O) groups is 3. The Hall–Kier alpha value is -3.39. The van der Waals surface area contributed by atoms with Crippen molar-refractivity contribution in [3.63, 3.8) is 0 Å². The van der Waals surface area contributed by atoms with E-state index in [1.165, 1.54) is 6.20 Å². The van der Waals surface area contributed by atoms with Crippen molar-refractivity contribution in [2.24, 2.45) is 5.73 Å². The van der Waals surface area contributed by atoms with Crippen molar-refractivity contribution < 1.29 is 14.4 Å². The van der Waals surface area contributed by atoms with Crippen LogP contribution < -0.4 is 16.4 Å². The number of nitrogens with zero attached hydrogens (tertiary/aromatic N) is 1. The van der Waals surface area contributed by atoms with Gasteiger partial charge in [0.1, 0.15) is 16.9 Å². The number of hydrogen-bond acceptors (Lipinski definition) is 4. The summed E-state index contributed by atoms with van der Waals surface area (Å²) < 4.78 is 0. The molecule has 3 aromatic rings. The number of primary amides is 1. The van der Waals surface area contributed by atoms with Crippen molar-refractivity contribution in [2.45, 2.75) is 12.5 Å². The molecule has 0 spiro atoms. The molecule has 0 unspecified atom stereocenters. The van der Waals surface area contributed by atoms with Gasteiger partial charge in [-0.2, -0.15) is 0 Å². The molecule has 144 valence electrons. The summed E-state index contributed by atoms with van der Waals surface area (Å²) in [5.74, 6) is -1.64. The van der Waals surface area contributed by atoms with E-state index < -0.39 is 23.8 Å². The smallest absolute Gasteiger partial charge is 0.268 e. The molecule has 0 aliphatic rings. The van der Waals surface area contributed by atoms with Crippen LogP contribution in [-0.2, 0) is 16.0 Å². The van der Waals surface area contributed by atoms with Gasteiger partial charge in [-0.1, -0.05) is 41.9 Å². The zero-order valence-corrected chi connectivity index (χ0v) is 15.5. The van der Waals surface area contributed by atoms with Gasteiger partial charge >= 0.3 is 0 Å². The van der Waals surface area contributed by atoms with Crippen molar-refractivity contribution in [1.29, 1.82) is 0 Å². The highest BCUT2D eigenvalue weighted by molar-refractivity contribution is 6.30. The predicted molar refractivity (Wildman–Crippen MR) is 105 cm³/mol. The number of pyridine rings is 1. The number of nitrogens with one attached hydrogen (secondary N) is 3. The third-order valence-electron chi connectivity index (χ3n) is 4.06. The lowest BCUT2D eigenvalue weighted by Gasteiger charge is -2.18. The first kappa shape index (κ1) is 19.4. The van der Waals surface area contributed by atoms with Crippen LogP contribution in [0.4, 0.5) is 0 Å². The van der Waals surface area contributed by atoms with Crippen LogP contribution in [0.3, 0.4) is 0 Å². The molecule has 0 aliphatic carbocycles. The molecule has 5 N–H and O–H groups in total. The van der Waals surface area contributed by atoms with Crippen molar-refractivity contribution in [1.82, 2.24) is 20.6 Å². The Morgan fingerprint density at radius 3 is 2.64 bits per heavy atom. The highest BCUT2D eigenvalue weighted by atomic mass is 35.5. The van der Waals surface area contributed by atoms with Crippen LogP contribution in [0.5, 0.6) is 0 Å². The number of carbonyl (C=O) groups excluding carboxylic acids is 3. The Morgan fingerprint density at radius 1 is 1.18 bits per heavy atom. The summed E-state index contributed by atoms with van der Waals surface area (Å²) in [7, 11) is 0. The second-order valence-corrected chi connectivity index (χ2v) is 6.56. The van der Waals surface area contributed by atoms with Gasteiger partial charge in [0.25, 0.3) is 5.91 Å². The van der Waals surface area contributed by atoms with Crippen LogP contribution in [0.25, 0.3) is 10.9 Å². The summed E-state index contributed by atoms with van der Waals surface area (Å²) in [5, 5.41) is 6.16. The lowest BCUT2D eigenvalue weighted by Crippen LogP contribution is -2.49. The van der Waals surface area contributed by atoms with Gasteiger partial charge in [-0.3, -0.25) is 14.4 Å². The average Bonchev–Trinajstić information content (AvgIpc) is 3.09. The number of nitrogens with two attached hydrogens (primary N) is 1. The number of hydrogen-bond donors (Lipinski definition) is 4. The quantitative estimate of drug-likeness (QED) is 0.444. The van der Waals surface area contributed by atoms with E-state index in [-0.39, 0.29) is 18.7 Å². The minimum Gasteiger partial charge on any atom is -0.368 e. The molecule has 0 saturated carbocycles. The first-order chi connectivity index (χ1) is 13.4. The standard InChI is InChI=1S/C19H18ClN5O3/c20-16-8-12-7-14(24-15(12)9-22-16)19(28)25-13(18(27)23-10-17(21)26)6-11-4-2-1-3-5-11/h1-5,7-9,13,24H,6,10H2,(H2,21,26)(H,23,27)(H,25,28)/t13-/m0/s1. The second-order valence-electron chi connectivity index (χ2n) is 6.18. The Balaban J connectivity index is 1.78. The van der Waals surface area contributed by atoms with Crippen LogP contribution >= 0.6 is 11.6 Å². The molecule has 0 aliphatic heterocycles. The maximum atomic E-state index is 12.7. The highest BCUT2D eigenvalue weighted by Gasteiger charge is 2.23. The highest BCUT2D eigenvalue weighted by Crippen LogP contribution is 2.18. The van der Waals surface area contributed by atoms with Gasteiger partial charge in [0, 0.05) is 11.8 Å². The van der Waals surface area contributed by atoms with Gasteiger partial charge in [0.2, 0.25) is 11.8 Å². The number of amides is 3. The van der Waals surface area contributed by atoms with Gasteiger partial charge in [-0.25, -0.2) is 4.98 Å². The number of fused-ring (bicyclic) bond motifs is 1. The summed E-state index contributed by atoms with van der Waals surface area (Å²) >= 11 is 5.87. The molecular weight excluding hydrogens is 382 g/mol. The summed E-state index contributed by atoms with van der Waals surface area (Å²) in [6, 6.07) is 11.6. The first-order valence-corrected chi connectivity index (χ1v) is 8.85. The molecule has 1 aromatic carbocycles. The molecule has 0 radical (unpaired) electrons. The number of aromatic nitrogens is 2. The van der Waals surface area contributed by atoms with E-state index in [1.54, 1.807) is 12.1 Å². The molecule has 3 amide bonds. The summed E-state index contributed by atoms with van der Waals surface area (Å²) in [5.41, 5.74) is 6.84. The Bertz CT molecular complexity index is 1020. The van der Waals surface area contributed by atoms with Gasteiger partial charge in [-0.15, -0.1) is 0 Å².